The van der Waals surface area contributed by atoms with Crippen LogP contribution >= 0.6 is 0 Å². The molecule has 2 unspecified atom stereocenters. The standard InChI is InChI=1S/C32H41F2NO2/c1-5-37-31(36)26-13-11-24(12-14-26)19-28-22(2)35(30-16-15-27(33)20-29(28)30)21-25-8-6-7-23(9-10-25)17-18-32(3,4)34/h11-16,20,23,25H,5-10,17-19,21H2,1-4H3. The molecule has 1 aliphatic rings. The Morgan fingerprint density at radius 1 is 1.05 bits per heavy atom. The lowest BCUT2D eigenvalue weighted by Gasteiger charge is -2.20. The maximum absolute atomic E-state index is 14.3. The van der Waals surface area contributed by atoms with Crippen molar-refractivity contribution in [3.05, 3.63) is 70.7 Å². The van der Waals surface area contributed by atoms with Gasteiger partial charge in [0.1, 0.15) is 11.5 Å². The molecule has 0 amide bonds. The molecule has 2 atom stereocenters. The summed E-state index contributed by atoms with van der Waals surface area (Å²) >= 11 is 0. The predicted octanol–water partition coefficient (Wildman–Crippen LogP) is 8.58. The average Bonchev–Trinajstić information content (AvgIpc) is 2.99. The largest absolute Gasteiger partial charge is 0.462 e. The lowest BCUT2D eigenvalue weighted by Crippen LogP contribution is -2.14. The number of rotatable bonds is 9. The zero-order valence-electron chi connectivity index (χ0n) is 22.8. The van der Waals surface area contributed by atoms with E-state index >= 15 is 0 Å². The highest BCUT2D eigenvalue weighted by Gasteiger charge is 2.24. The monoisotopic (exact) mass is 509 g/mol. The number of esters is 1. The normalized spacial score (nSPS) is 18.6. The summed E-state index contributed by atoms with van der Waals surface area (Å²) < 4.78 is 35.8. The van der Waals surface area contributed by atoms with Crippen LogP contribution in [0.3, 0.4) is 0 Å². The molecule has 37 heavy (non-hydrogen) atoms. The molecule has 0 aliphatic heterocycles. The molecule has 2 aromatic carbocycles. The van der Waals surface area contributed by atoms with E-state index in [0.29, 0.717) is 36.8 Å². The Morgan fingerprint density at radius 2 is 1.76 bits per heavy atom. The van der Waals surface area contributed by atoms with Crippen LogP contribution in [0.4, 0.5) is 8.78 Å². The van der Waals surface area contributed by atoms with Crippen LogP contribution in [0.25, 0.3) is 10.9 Å². The first-order valence-corrected chi connectivity index (χ1v) is 13.9. The zero-order chi connectivity index (χ0) is 26.6. The van der Waals surface area contributed by atoms with E-state index in [4.69, 9.17) is 4.74 Å². The van der Waals surface area contributed by atoms with Gasteiger partial charge in [-0.05, 0) is 113 Å². The van der Waals surface area contributed by atoms with Gasteiger partial charge in [0.2, 0.25) is 0 Å². The van der Waals surface area contributed by atoms with E-state index in [0.717, 1.165) is 47.8 Å². The number of hydrogen-bond donors (Lipinski definition) is 0. The van der Waals surface area contributed by atoms with Crippen molar-refractivity contribution in [3.63, 3.8) is 0 Å². The van der Waals surface area contributed by atoms with Gasteiger partial charge in [0.05, 0.1) is 12.2 Å². The number of nitrogens with zero attached hydrogens (tertiary/aromatic N) is 1. The maximum atomic E-state index is 14.3. The molecule has 0 N–H and O–H groups in total. The number of carbonyl (C=O) groups excluding carboxylic acids is 1. The summed E-state index contributed by atoms with van der Waals surface area (Å²) in [6, 6.07) is 12.6. The Hall–Kier alpha value is -2.69. The van der Waals surface area contributed by atoms with Gasteiger partial charge in [-0.1, -0.05) is 31.4 Å². The third-order valence-electron chi connectivity index (χ3n) is 8.06. The van der Waals surface area contributed by atoms with E-state index in [1.165, 1.54) is 25.0 Å². The summed E-state index contributed by atoms with van der Waals surface area (Å²) in [7, 11) is 0. The third kappa shape index (κ3) is 7.00. The molecule has 1 aliphatic carbocycles. The van der Waals surface area contributed by atoms with Crippen LogP contribution in [0.1, 0.15) is 92.9 Å². The van der Waals surface area contributed by atoms with Crippen LogP contribution in [0.5, 0.6) is 0 Å². The van der Waals surface area contributed by atoms with Gasteiger partial charge in [-0.15, -0.1) is 0 Å². The Kier molecular flexibility index (Phi) is 8.71. The van der Waals surface area contributed by atoms with Crippen LogP contribution in [0.15, 0.2) is 42.5 Å². The smallest absolute Gasteiger partial charge is 0.338 e. The van der Waals surface area contributed by atoms with Crippen LogP contribution in [-0.4, -0.2) is 22.8 Å². The van der Waals surface area contributed by atoms with Crippen molar-refractivity contribution in [2.45, 2.75) is 91.3 Å². The van der Waals surface area contributed by atoms with E-state index in [-0.39, 0.29) is 11.8 Å². The minimum atomic E-state index is -1.09. The number of carbonyl (C=O) groups is 1. The second-order valence-electron chi connectivity index (χ2n) is 11.4. The molecule has 0 spiro atoms. The van der Waals surface area contributed by atoms with Crippen molar-refractivity contribution in [1.29, 1.82) is 0 Å². The molecule has 4 rings (SSSR count). The quantitative estimate of drug-likeness (QED) is 0.214. The molecule has 5 heteroatoms. The zero-order valence-corrected chi connectivity index (χ0v) is 22.8. The fraction of sp³-hybridized carbons (Fsp3) is 0.531. The molecule has 3 aromatic rings. The molecule has 0 radical (unpaired) electrons. The van der Waals surface area contributed by atoms with Gasteiger partial charge in [-0.2, -0.15) is 0 Å². The number of ether oxygens (including phenoxy) is 1. The molecule has 0 saturated heterocycles. The number of aromatic nitrogens is 1. The summed E-state index contributed by atoms with van der Waals surface area (Å²) in [6.07, 6.45) is 8.16. The molecule has 1 heterocycles. The molecule has 1 fully saturated rings. The maximum Gasteiger partial charge on any atom is 0.338 e. The first-order valence-electron chi connectivity index (χ1n) is 13.9. The molecule has 1 aromatic heterocycles. The molecular weight excluding hydrogens is 468 g/mol. The Morgan fingerprint density at radius 3 is 2.46 bits per heavy atom. The van der Waals surface area contributed by atoms with Crippen molar-refractivity contribution in [2.24, 2.45) is 11.8 Å². The molecule has 3 nitrogen and oxygen atoms in total. The Labute approximate surface area is 220 Å². The van der Waals surface area contributed by atoms with E-state index < -0.39 is 5.67 Å². The topological polar surface area (TPSA) is 31.2 Å². The predicted molar refractivity (Wildman–Crippen MR) is 146 cm³/mol. The minimum Gasteiger partial charge on any atom is -0.462 e. The van der Waals surface area contributed by atoms with Crippen molar-refractivity contribution < 1.29 is 18.3 Å². The second-order valence-corrected chi connectivity index (χ2v) is 11.4. The van der Waals surface area contributed by atoms with Crippen LogP contribution in [-0.2, 0) is 17.7 Å². The number of hydrogen-bond acceptors (Lipinski definition) is 2. The van der Waals surface area contributed by atoms with Gasteiger partial charge in [0, 0.05) is 23.1 Å². The first-order chi connectivity index (χ1) is 17.6. The van der Waals surface area contributed by atoms with Crippen molar-refractivity contribution in [3.8, 4) is 0 Å². The highest BCUT2D eigenvalue weighted by Crippen LogP contribution is 2.35. The molecule has 0 bridgehead atoms. The number of halogens is 2. The minimum absolute atomic E-state index is 0.225. The first kappa shape index (κ1) is 27.3. The summed E-state index contributed by atoms with van der Waals surface area (Å²) in [6.45, 7) is 8.58. The van der Waals surface area contributed by atoms with Crippen molar-refractivity contribution in [1.82, 2.24) is 4.57 Å². The van der Waals surface area contributed by atoms with Crippen LogP contribution < -0.4 is 0 Å². The summed E-state index contributed by atoms with van der Waals surface area (Å²) in [4.78, 5) is 12.0. The lowest BCUT2D eigenvalue weighted by molar-refractivity contribution is 0.0526. The third-order valence-corrected chi connectivity index (χ3v) is 8.06. The number of alkyl halides is 1. The second kappa shape index (κ2) is 11.8. The SMILES string of the molecule is CCOC(=O)c1ccc(Cc2c(C)n(CC3CCCC(CCC(C)(C)F)CC3)c3ccc(F)cc23)cc1. The van der Waals surface area contributed by atoms with Crippen LogP contribution in [0.2, 0.25) is 0 Å². The summed E-state index contributed by atoms with van der Waals surface area (Å²) in [5, 5.41) is 0.962. The fourth-order valence-electron chi connectivity index (χ4n) is 5.89. The van der Waals surface area contributed by atoms with Gasteiger partial charge in [-0.25, -0.2) is 13.6 Å². The Balaban J connectivity index is 1.53. The highest BCUT2D eigenvalue weighted by molar-refractivity contribution is 5.89. The molecular formula is C32H41F2NO2. The van der Waals surface area contributed by atoms with Gasteiger partial charge in [0.25, 0.3) is 0 Å². The number of fused-ring (bicyclic) bond motifs is 1. The van der Waals surface area contributed by atoms with Crippen LogP contribution in [0, 0.1) is 24.6 Å². The number of benzene rings is 2. The fourth-order valence-corrected chi connectivity index (χ4v) is 5.89. The molecule has 1 saturated carbocycles. The van der Waals surface area contributed by atoms with E-state index in [1.807, 2.05) is 18.2 Å². The highest BCUT2D eigenvalue weighted by atomic mass is 19.1. The lowest BCUT2D eigenvalue weighted by atomic mass is 9.90. The van der Waals surface area contributed by atoms with Gasteiger partial charge in [0.15, 0.2) is 0 Å². The Bertz CT molecular complexity index is 1210. The van der Waals surface area contributed by atoms with Crippen molar-refractivity contribution in [2.75, 3.05) is 6.61 Å². The van der Waals surface area contributed by atoms with Gasteiger partial charge >= 0.3 is 5.97 Å². The average molecular weight is 510 g/mol. The van der Waals surface area contributed by atoms with Gasteiger partial charge < -0.3 is 9.30 Å². The summed E-state index contributed by atoms with van der Waals surface area (Å²) in [5.74, 6) is 0.642. The van der Waals surface area contributed by atoms with E-state index in [9.17, 15) is 13.6 Å². The molecule has 200 valence electrons. The van der Waals surface area contributed by atoms with E-state index in [1.54, 1.807) is 45.0 Å². The van der Waals surface area contributed by atoms with Crippen molar-refractivity contribution >= 4 is 16.9 Å². The van der Waals surface area contributed by atoms with Gasteiger partial charge in [-0.3, -0.25) is 0 Å². The summed E-state index contributed by atoms with van der Waals surface area (Å²) in [5.41, 5.74) is 3.92. The van der Waals surface area contributed by atoms with E-state index in [2.05, 4.69) is 11.5 Å².